The predicted molar refractivity (Wildman–Crippen MR) is 63.6 cm³/mol. The fourth-order valence-electron chi connectivity index (χ4n) is 1.43. The van der Waals surface area contributed by atoms with Gasteiger partial charge < -0.3 is 15.3 Å². The average Bonchev–Trinajstić information content (AvgIpc) is 2.36. The Morgan fingerprint density at radius 3 is 2.25 bits per heavy atom. The second-order valence-corrected chi connectivity index (χ2v) is 3.19. The van der Waals surface area contributed by atoms with Gasteiger partial charge in [-0.2, -0.15) is 0 Å². The molecule has 0 unspecified atom stereocenters. The van der Waals surface area contributed by atoms with E-state index in [0.717, 1.165) is 5.69 Å². The summed E-state index contributed by atoms with van der Waals surface area (Å²) in [7, 11) is 0. The van der Waals surface area contributed by atoms with Gasteiger partial charge in [-0.1, -0.05) is 28.5 Å². The van der Waals surface area contributed by atoms with Crippen molar-refractivity contribution in [1.82, 2.24) is 0 Å². The lowest BCUT2D eigenvalue weighted by Crippen LogP contribution is -2.35. The van der Waals surface area contributed by atoms with E-state index in [9.17, 15) is 0 Å². The Balaban J connectivity index is 3.08. The van der Waals surface area contributed by atoms with Crippen molar-refractivity contribution in [3.63, 3.8) is 0 Å². The number of benzene rings is 1. The number of hydrogen-bond donors (Lipinski definition) is 2. The summed E-state index contributed by atoms with van der Waals surface area (Å²) in [5.41, 5.74) is 1.13. The number of para-hydroxylation sites is 1. The van der Waals surface area contributed by atoms with Crippen LogP contribution in [0.1, 0.15) is 13.8 Å². The van der Waals surface area contributed by atoms with E-state index in [4.69, 9.17) is 10.4 Å². The molecule has 0 radical (unpaired) electrons. The van der Waals surface area contributed by atoms with Crippen molar-refractivity contribution >= 4 is 17.2 Å². The van der Waals surface area contributed by atoms with Gasteiger partial charge >= 0.3 is 0 Å². The fraction of sp³-hybridized carbons (Fsp3) is 0.273. The first-order chi connectivity index (χ1) is 7.74. The fourth-order valence-corrected chi connectivity index (χ4v) is 1.43. The Labute approximate surface area is 94.3 Å². The predicted octanol–water partition coefficient (Wildman–Crippen LogP) is 2.15. The zero-order valence-corrected chi connectivity index (χ0v) is 9.33. The van der Waals surface area contributed by atoms with Gasteiger partial charge in [0.1, 0.15) is 5.71 Å². The third-order valence-electron chi connectivity index (χ3n) is 2.21. The van der Waals surface area contributed by atoms with E-state index in [1.807, 2.05) is 37.3 Å². The largest absolute Gasteiger partial charge is 0.411 e. The lowest BCUT2D eigenvalue weighted by Gasteiger charge is -2.22. The molecule has 2 N–H and O–H groups in total. The van der Waals surface area contributed by atoms with Crippen molar-refractivity contribution in [3.8, 4) is 0 Å². The number of anilines is 1. The van der Waals surface area contributed by atoms with E-state index in [-0.39, 0.29) is 11.5 Å². The average molecular weight is 221 g/mol. The van der Waals surface area contributed by atoms with Crippen LogP contribution in [-0.4, -0.2) is 28.5 Å². The third-order valence-corrected chi connectivity index (χ3v) is 2.21. The van der Waals surface area contributed by atoms with E-state index in [2.05, 4.69) is 10.3 Å². The van der Waals surface area contributed by atoms with Gasteiger partial charge in [-0.15, -0.1) is 0 Å². The van der Waals surface area contributed by atoms with Crippen LogP contribution >= 0.6 is 0 Å². The van der Waals surface area contributed by atoms with Crippen LogP contribution < -0.4 is 4.90 Å². The molecule has 0 spiro atoms. The zero-order chi connectivity index (χ0) is 12.0. The summed E-state index contributed by atoms with van der Waals surface area (Å²) in [5.74, 6) is 0.233. The van der Waals surface area contributed by atoms with E-state index in [1.54, 1.807) is 11.8 Å². The summed E-state index contributed by atoms with van der Waals surface area (Å²) >= 11 is 0. The first-order valence-corrected chi connectivity index (χ1v) is 4.98. The Hall–Kier alpha value is -2.04. The van der Waals surface area contributed by atoms with Crippen LogP contribution in [0.4, 0.5) is 5.69 Å². The SMILES string of the molecule is CCN(C(=NO)C(C)=NO)c1ccccc1. The maximum atomic E-state index is 8.94. The molecule has 0 amide bonds. The van der Waals surface area contributed by atoms with Gasteiger partial charge in [-0.25, -0.2) is 0 Å². The van der Waals surface area contributed by atoms with Gasteiger partial charge in [0, 0.05) is 12.2 Å². The maximum Gasteiger partial charge on any atom is 0.197 e. The molecule has 0 atom stereocenters. The van der Waals surface area contributed by atoms with E-state index >= 15 is 0 Å². The van der Waals surface area contributed by atoms with Crippen LogP contribution in [0, 0.1) is 0 Å². The number of nitrogens with zero attached hydrogens (tertiary/aromatic N) is 3. The lowest BCUT2D eigenvalue weighted by molar-refractivity contribution is 0.313. The van der Waals surface area contributed by atoms with Gasteiger partial charge in [0.05, 0.1) is 0 Å². The Morgan fingerprint density at radius 2 is 1.81 bits per heavy atom. The molecule has 0 aliphatic rings. The molecule has 0 aliphatic heterocycles. The number of oxime groups is 2. The molecule has 0 fully saturated rings. The van der Waals surface area contributed by atoms with Gasteiger partial charge in [-0.3, -0.25) is 0 Å². The standard InChI is InChI=1S/C11H15N3O2/c1-3-14(10-7-5-4-6-8-10)11(13-16)9(2)12-15/h4-8,15-16H,3H2,1-2H3. The van der Waals surface area contributed by atoms with Crippen molar-refractivity contribution < 1.29 is 10.4 Å². The number of rotatable bonds is 3. The third kappa shape index (κ3) is 2.50. The maximum absolute atomic E-state index is 8.94. The molecule has 86 valence electrons. The van der Waals surface area contributed by atoms with Crippen LogP contribution in [-0.2, 0) is 0 Å². The molecule has 0 aliphatic carbocycles. The van der Waals surface area contributed by atoms with Crippen molar-refractivity contribution in [2.75, 3.05) is 11.4 Å². The molecule has 0 saturated heterocycles. The van der Waals surface area contributed by atoms with Crippen molar-refractivity contribution in [2.45, 2.75) is 13.8 Å². The first kappa shape index (κ1) is 12.0. The molecular formula is C11H15N3O2. The van der Waals surface area contributed by atoms with E-state index in [0.29, 0.717) is 6.54 Å². The molecule has 0 bridgehead atoms. The molecular weight excluding hydrogens is 206 g/mol. The summed E-state index contributed by atoms with van der Waals surface area (Å²) in [6.07, 6.45) is 0. The highest BCUT2D eigenvalue weighted by Crippen LogP contribution is 2.14. The second kappa shape index (κ2) is 5.75. The van der Waals surface area contributed by atoms with Crippen LogP contribution in [0.15, 0.2) is 40.6 Å². The Morgan fingerprint density at radius 1 is 1.19 bits per heavy atom. The minimum Gasteiger partial charge on any atom is -0.411 e. The highest BCUT2D eigenvalue weighted by molar-refractivity contribution is 6.45. The van der Waals surface area contributed by atoms with Crippen LogP contribution in [0.2, 0.25) is 0 Å². The smallest absolute Gasteiger partial charge is 0.197 e. The van der Waals surface area contributed by atoms with Crippen LogP contribution in [0.5, 0.6) is 0 Å². The topological polar surface area (TPSA) is 68.4 Å². The highest BCUT2D eigenvalue weighted by atomic mass is 16.4. The van der Waals surface area contributed by atoms with Gasteiger partial charge in [0.25, 0.3) is 0 Å². The first-order valence-electron chi connectivity index (χ1n) is 4.98. The van der Waals surface area contributed by atoms with Gasteiger partial charge in [-0.05, 0) is 26.0 Å². The van der Waals surface area contributed by atoms with Gasteiger partial charge in [0.15, 0.2) is 5.84 Å². The monoisotopic (exact) mass is 221 g/mol. The van der Waals surface area contributed by atoms with E-state index in [1.165, 1.54) is 0 Å². The minimum atomic E-state index is 0.233. The van der Waals surface area contributed by atoms with Crippen LogP contribution in [0.3, 0.4) is 0 Å². The van der Waals surface area contributed by atoms with Crippen molar-refractivity contribution in [2.24, 2.45) is 10.3 Å². The molecule has 1 rings (SSSR count). The lowest BCUT2D eigenvalue weighted by atomic mass is 10.2. The summed E-state index contributed by atoms with van der Waals surface area (Å²) in [6, 6.07) is 9.45. The summed E-state index contributed by atoms with van der Waals surface area (Å²) in [5, 5.41) is 23.8. The zero-order valence-electron chi connectivity index (χ0n) is 9.33. The normalized spacial score (nSPS) is 12.6. The molecule has 5 heteroatoms. The van der Waals surface area contributed by atoms with Crippen molar-refractivity contribution in [1.29, 1.82) is 0 Å². The van der Waals surface area contributed by atoms with E-state index < -0.39 is 0 Å². The van der Waals surface area contributed by atoms with Crippen LogP contribution in [0.25, 0.3) is 0 Å². The molecule has 1 aromatic carbocycles. The Bertz CT molecular complexity index is 387. The molecule has 1 aromatic rings. The van der Waals surface area contributed by atoms with Crippen molar-refractivity contribution in [3.05, 3.63) is 30.3 Å². The van der Waals surface area contributed by atoms with Gasteiger partial charge in [0.2, 0.25) is 0 Å². The number of amidine groups is 1. The highest BCUT2D eigenvalue weighted by Gasteiger charge is 2.15. The molecule has 0 saturated carbocycles. The molecule has 0 aromatic heterocycles. The summed E-state index contributed by atoms with van der Waals surface area (Å²) < 4.78 is 0. The summed E-state index contributed by atoms with van der Waals surface area (Å²) in [6.45, 7) is 4.10. The summed E-state index contributed by atoms with van der Waals surface area (Å²) in [4.78, 5) is 1.75. The molecule has 0 heterocycles. The quantitative estimate of drug-likeness (QED) is 0.355. The molecule has 16 heavy (non-hydrogen) atoms. The number of hydrogen-bond acceptors (Lipinski definition) is 4. The molecule has 5 nitrogen and oxygen atoms in total. The second-order valence-electron chi connectivity index (χ2n) is 3.19. The Kier molecular flexibility index (Phi) is 4.32. The minimum absolute atomic E-state index is 0.233.